The lowest BCUT2D eigenvalue weighted by atomic mass is 10.2. The van der Waals surface area contributed by atoms with Crippen LogP contribution < -0.4 is 20.1 Å². The maximum atomic E-state index is 12.8. The highest BCUT2D eigenvalue weighted by molar-refractivity contribution is 6.30. The Hall–Kier alpha value is -4.04. The van der Waals surface area contributed by atoms with Crippen molar-refractivity contribution in [3.63, 3.8) is 0 Å². The Bertz CT molecular complexity index is 1350. The van der Waals surface area contributed by atoms with Crippen molar-refractivity contribution >= 4 is 40.1 Å². The molecule has 4 aromatic rings. The number of hydrogen-bond acceptors (Lipinski definition) is 5. The van der Waals surface area contributed by atoms with Crippen LogP contribution in [0.5, 0.6) is 11.5 Å². The molecule has 0 saturated carbocycles. The Kier molecular flexibility index (Phi) is 5.58. The number of rotatable bonds is 6. The smallest absolute Gasteiger partial charge is 0.251 e. The molecular weight excluding hydrogens is 444 g/mol. The van der Waals surface area contributed by atoms with E-state index in [2.05, 4.69) is 15.6 Å². The van der Waals surface area contributed by atoms with Gasteiger partial charge in [0.1, 0.15) is 12.4 Å². The van der Waals surface area contributed by atoms with E-state index in [1.807, 2.05) is 24.3 Å². The first-order chi connectivity index (χ1) is 16.1. The zero-order chi connectivity index (χ0) is 22.8. The monoisotopic (exact) mass is 462 g/mol. The SMILES string of the molecule is O=C(Cn1c(CNC(=O)c2ccc(Cl)cc2)nc2ccccc21)Nc1ccc2c(c1)OCO2. The Labute approximate surface area is 194 Å². The predicted molar refractivity (Wildman–Crippen MR) is 124 cm³/mol. The van der Waals surface area contributed by atoms with Gasteiger partial charge in [-0.25, -0.2) is 4.98 Å². The molecule has 2 amide bonds. The highest BCUT2D eigenvalue weighted by Crippen LogP contribution is 2.34. The molecule has 0 fully saturated rings. The normalized spacial score (nSPS) is 12.0. The summed E-state index contributed by atoms with van der Waals surface area (Å²) in [5.74, 6) is 1.32. The van der Waals surface area contributed by atoms with Gasteiger partial charge in [0.25, 0.3) is 5.91 Å². The highest BCUT2D eigenvalue weighted by atomic mass is 35.5. The Morgan fingerprint density at radius 3 is 2.64 bits per heavy atom. The summed E-state index contributed by atoms with van der Waals surface area (Å²) in [5, 5.41) is 6.29. The van der Waals surface area contributed by atoms with Gasteiger partial charge in [-0.1, -0.05) is 23.7 Å². The van der Waals surface area contributed by atoms with Crippen LogP contribution in [0.1, 0.15) is 16.2 Å². The van der Waals surface area contributed by atoms with E-state index in [0.717, 1.165) is 11.0 Å². The van der Waals surface area contributed by atoms with Gasteiger partial charge in [0.15, 0.2) is 11.5 Å². The Balaban J connectivity index is 1.33. The molecule has 1 aromatic heterocycles. The first-order valence-electron chi connectivity index (χ1n) is 10.2. The molecule has 0 aliphatic carbocycles. The molecule has 2 heterocycles. The minimum atomic E-state index is -0.255. The van der Waals surface area contributed by atoms with Gasteiger partial charge in [-0.3, -0.25) is 9.59 Å². The molecule has 3 aromatic carbocycles. The molecule has 0 radical (unpaired) electrons. The molecule has 33 heavy (non-hydrogen) atoms. The maximum Gasteiger partial charge on any atom is 0.251 e. The third-order valence-electron chi connectivity index (χ3n) is 5.21. The van der Waals surface area contributed by atoms with E-state index in [1.165, 1.54) is 0 Å². The second-order valence-electron chi connectivity index (χ2n) is 7.41. The third kappa shape index (κ3) is 4.47. The molecule has 1 aliphatic heterocycles. The van der Waals surface area contributed by atoms with E-state index in [1.54, 1.807) is 47.0 Å². The number of benzene rings is 3. The van der Waals surface area contributed by atoms with Crippen molar-refractivity contribution in [3.05, 3.63) is 83.1 Å². The topological polar surface area (TPSA) is 94.5 Å². The molecule has 0 spiro atoms. The first kappa shape index (κ1) is 20.8. The average molecular weight is 463 g/mol. The molecule has 0 atom stereocenters. The second-order valence-corrected chi connectivity index (χ2v) is 7.85. The zero-order valence-electron chi connectivity index (χ0n) is 17.4. The van der Waals surface area contributed by atoms with Crippen molar-refractivity contribution in [1.29, 1.82) is 0 Å². The van der Waals surface area contributed by atoms with Crippen LogP contribution in [0.2, 0.25) is 5.02 Å². The van der Waals surface area contributed by atoms with Crippen LogP contribution in [0.3, 0.4) is 0 Å². The minimum absolute atomic E-state index is 0.0289. The van der Waals surface area contributed by atoms with Gasteiger partial charge in [-0.2, -0.15) is 0 Å². The third-order valence-corrected chi connectivity index (χ3v) is 5.46. The fourth-order valence-corrected chi connectivity index (χ4v) is 3.74. The largest absolute Gasteiger partial charge is 0.454 e. The summed E-state index contributed by atoms with van der Waals surface area (Å²) in [4.78, 5) is 30.0. The molecular formula is C24H19ClN4O4. The van der Waals surface area contributed by atoms with Gasteiger partial charge in [-0.05, 0) is 48.5 Å². The van der Waals surface area contributed by atoms with Crippen LogP contribution >= 0.6 is 11.6 Å². The minimum Gasteiger partial charge on any atom is -0.454 e. The van der Waals surface area contributed by atoms with Gasteiger partial charge in [0.2, 0.25) is 12.7 Å². The number of anilines is 1. The van der Waals surface area contributed by atoms with E-state index in [9.17, 15) is 9.59 Å². The summed E-state index contributed by atoms with van der Waals surface area (Å²) < 4.78 is 12.5. The molecule has 1 aliphatic rings. The summed E-state index contributed by atoms with van der Waals surface area (Å²) in [6, 6.07) is 19.4. The number of ether oxygens (including phenoxy) is 2. The van der Waals surface area contributed by atoms with Gasteiger partial charge < -0.3 is 24.7 Å². The van der Waals surface area contributed by atoms with Crippen molar-refractivity contribution in [2.75, 3.05) is 12.1 Å². The van der Waals surface area contributed by atoms with Crippen LogP contribution in [0.25, 0.3) is 11.0 Å². The van der Waals surface area contributed by atoms with Gasteiger partial charge in [0, 0.05) is 22.3 Å². The molecule has 166 valence electrons. The van der Waals surface area contributed by atoms with Crippen LogP contribution in [0.15, 0.2) is 66.7 Å². The van der Waals surface area contributed by atoms with E-state index in [4.69, 9.17) is 21.1 Å². The predicted octanol–water partition coefficient (Wildman–Crippen LogP) is 3.99. The van der Waals surface area contributed by atoms with Crippen molar-refractivity contribution in [3.8, 4) is 11.5 Å². The van der Waals surface area contributed by atoms with Gasteiger partial charge >= 0.3 is 0 Å². The molecule has 8 nitrogen and oxygen atoms in total. The fourth-order valence-electron chi connectivity index (χ4n) is 3.62. The summed E-state index contributed by atoms with van der Waals surface area (Å²) in [7, 11) is 0. The van der Waals surface area contributed by atoms with Gasteiger partial charge in [0.05, 0.1) is 17.6 Å². The molecule has 5 rings (SSSR count). The number of amides is 2. The number of carbonyl (C=O) groups excluding carboxylic acids is 2. The Morgan fingerprint density at radius 1 is 1.00 bits per heavy atom. The van der Waals surface area contributed by atoms with E-state index in [0.29, 0.717) is 33.6 Å². The quantitative estimate of drug-likeness (QED) is 0.452. The van der Waals surface area contributed by atoms with Crippen molar-refractivity contribution in [2.24, 2.45) is 0 Å². The van der Waals surface area contributed by atoms with E-state index >= 15 is 0 Å². The molecule has 2 N–H and O–H groups in total. The number of nitrogens with one attached hydrogen (secondary N) is 2. The standard InChI is InChI=1S/C24H19ClN4O4/c25-16-7-5-15(6-8-16)24(31)26-12-22-28-18-3-1-2-4-19(18)29(22)13-23(30)27-17-9-10-20-21(11-17)33-14-32-20/h1-11H,12-14H2,(H,26,31)(H,27,30). The number of hydrogen-bond donors (Lipinski definition) is 2. The summed E-state index contributed by atoms with van der Waals surface area (Å²) >= 11 is 5.89. The van der Waals surface area contributed by atoms with E-state index in [-0.39, 0.29) is 31.7 Å². The number of imidazole rings is 1. The van der Waals surface area contributed by atoms with Gasteiger partial charge in [-0.15, -0.1) is 0 Å². The molecule has 0 unspecified atom stereocenters. The van der Waals surface area contributed by atoms with Crippen LogP contribution in [-0.4, -0.2) is 28.2 Å². The van der Waals surface area contributed by atoms with Crippen LogP contribution in [0.4, 0.5) is 5.69 Å². The van der Waals surface area contributed by atoms with Crippen LogP contribution in [-0.2, 0) is 17.9 Å². The van der Waals surface area contributed by atoms with Crippen molar-refractivity contribution in [1.82, 2.24) is 14.9 Å². The summed E-state index contributed by atoms with van der Waals surface area (Å²) in [6.45, 7) is 0.355. The first-order valence-corrected chi connectivity index (χ1v) is 10.6. The number of halogens is 1. The Morgan fingerprint density at radius 2 is 1.79 bits per heavy atom. The molecule has 9 heteroatoms. The number of nitrogens with zero attached hydrogens (tertiary/aromatic N) is 2. The summed E-state index contributed by atoms with van der Waals surface area (Å²) in [5.41, 5.74) is 2.63. The highest BCUT2D eigenvalue weighted by Gasteiger charge is 2.17. The lowest BCUT2D eigenvalue weighted by molar-refractivity contribution is -0.116. The number of carbonyl (C=O) groups is 2. The number of fused-ring (bicyclic) bond motifs is 2. The number of aromatic nitrogens is 2. The molecule has 0 saturated heterocycles. The fraction of sp³-hybridized carbons (Fsp3) is 0.125. The van der Waals surface area contributed by atoms with Crippen LogP contribution in [0, 0.1) is 0 Å². The van der Waals surface area contributed by atoms with Crippen molar-refractivity contribution in [2.45, 2.75) is 13.1 Å². The number of para-hydroxylation sites is 2. The second kappa shape index (κ2) is 8.84. The molecule has 0 bridgehead atoms. The lowest BCUT2D eigenvalue weighted by Gasteiger charge is -2.11. The lowest BCUT2D eigenvalue weighted by Crippen LogP contribution is -2.26. The average Bonchev–Trinajstić information content (AvgIpc) is 3.42. The zero-order valence-corrected chi connectivity index (χ0v) is 18.1. The van der Waals surface area contributed by atoms with Crippen molar-refractivity contribution < 1.29 is 19.1 Å². The maximum absolute atomic E-state index is 12.8. The summed E-state index contributed by atoms with van der Waals surface area (Å²) in [6.07, 6.45) is 0. The van der Waals surface area contributed by atoms with E-state index < -0.39 is 0 Å².